The summed E-state index contributed by atoms with van der Waals surface area (Å²) in [6.45, 7) is 7.75. The third-order valence-corrected chi connectivity index (χ3v) is 6.80. The molecule has 0 saturated carbocycles. The summed E-state index contributed by atoms with van der Waals surface area (Å²) in [4.78, 5) is 0. The zero-order valence-electron chi connectivity index (χ0n) is 12.3. The van der Waals surface area contributed by atoms with Crippen LogP contribution in [0.5, 0.6) is 0 Å². The van der Waals surface area contributed by atoms with Crippen LogP contribution in [0.1, 0.15) is 32.8 Å². The Bertz CT molecular complexity index is 486. The topological polar surface area (TPSA) is 58.2 Å². The van der Waals surface area contributed by atoms with E-state index in [0.29, 0.717) is 4.21 Å². The number of hydrogen-bond donors (Lipinski definition) is 2. The maximum atomic E-state index is 12.2. The van der Waals surface area contributed by atoms with Gasteiger partial charge in [-0.25, -0.2) is 13.1 Å². The van der Waals surface area contributed by atoms with E-state index >= 15 is 0 Å². The number of thiophene rings is 1. The van der Waals surface area contributed by atoms with Crippen LogP contribution in [-0.4, -0.2) is 32.5 Å². The van der Waals surface area contributed by atoms with Gasteiger partial charge in [0, 0.05) is 18.3 Å². The van der Waals surface area contributed by atoms with Crippen molar-refractivity contribution in [1.82, 2.24) is 10.0 Å². The molecule has 1 aromatic rings. The molecular weight excluding hydrogens is 312 g/mol. The van der Waals surface area contributed by atoms with Gasteiger partial charge in [0.05, 0.1) is 0 Å². The molecule has 116 valence electrons. The summed E-state index contributed by atoms with van der Waals surface area (Å²) >= 11 is 3.02. The maximum Gasteiger partial charge on any atom is 0.250 e. The summed E-state index contributed by atoms with van der Waals surface area (Å²) in [5.41, 5.74) is 1.03. The van der Waals surface area contributed by atoms with Gasteiger partial charge < -0.3 is 5.32 Å². The van der Waals surface area contributed by atoms with Crippen molar-refractivity contribution >= 4 is 33.1 Å². The van der Waals surface area contributed by atoms with Gasteiger partial charge in [-0.1, -0.05) is 13.8 Å². The molecule has 0 aromatic carbocycles. The predicted octanol–water partition coefficient (Wildman–Crippen LogP) is 2.67. The SMILES string of the molecule is CCCNCc1csc(S(=O)(=O)NC(C)CSCC)c1. The number of thioether (sulfide) groups is 1. The van der Waals surface area contributed by atoms with Gasteiger partial charge in [0.1, 0.15) is 4.21 Å². The minimum absolute atomic E-state index is 0.0475. The van der Waals surface area contributed by atoms with Crippen molar-refractivity contribution in [2.24, 2.45) is 0 Å². The molecule has 0 aliphatic carbocycles. The molecule has 1 aromatic heterocycles. The second-order valence-corrected chi connectivity index (χ2v) is 8.80. The van der Waals surface area contributed by atoms with E-state index in [4.69, 9.17) is 0 Å². The van der Waals surface area contributed by atoms with Crippen molar-refractivity contribution in [3.63, 3.8) is 0 Å². The van der Waals surface area contributed by atoms with Crippen LogP contribution >= 0.6 is 23.1 Å². The monoisotopic (exact) mass is 336 g/mol. The number of hydrogen-bond acceptors (Lipinski definition) is 5. The van der Waals surface area contributed by atoms with E-state index in [0.717, 1.165) is 36.6 Å². The Hall–Kier alpha value is -0.0800. The maximum absolute atomic E-state index is 12.2. The van der Waals surface area contributed by atoms with Crippen molar-refractivity contribution in [2.45, 2.75) is 44.0 Å². The summed E-state index contributed by atoms with van der Waals surface area (Å²) in [6.07, 6.45) is 1.07. The van der Waals surface area contributed by atoms with E-state index < -0.39 is 10.0 Å². The number of sulfonamides is 1. The molecule has 0 amide bonds. The predicted molar refractivity (Wildman–Crippen MR) is 89.1 cm³/mol. The van der Waals surface area contributed by atoms with Gasteiger partial charge in [-0.15, -0.1) is 11.3 Å². The summed E-state index contributed by atoms with van der Waals surface area (Å²) < 4.78 is 27.6. The molecular formula is C13H24N2O2S3. The lowest BCUT2D eigenvalue weighted by Gasteiger charge is -2.12. The van der Waals surface area contributed by atoms with Crippen LogP contribution in [-0.2, 0) is 16.6 Å². The van der Waals surface area contributed by atoms with E-state index in [2.05, 4.69) is 23.9 Å². The molecule has 1 rings (SSSR count). The van der Waals surface area contributed by atoms with Crippen LogP contribution in [0, 0.1) is 0 Å². The molecule has 0 spiro atoms. The summed E-state index contributed by atoms with van der Waals surface area (Å²) in [7, 11) is -3.37. The molecule has 20 heavy (non-hydrogen) atoms. The normalized spacial score (nSPS) is 13.6. The Morgan fingerprint density at radius 2 is 2.15 bits per heavy atom. The number of nitrogens with one attached hydrogen (secondary N) is 2. The quantitative estimate of drug-likeness (QED) is 0.645. The lowest BCUT2D eigenvalue weighted by atomic mass is 10.3. The molecule has 0 bridgehead atoms. The van der Waals surface area contributed by atoms with E-state index in [1.807, 2.05) is 12.3 Å². The molecule has 0 aliphatic rings. The summed E-state index contributed by atoms with van der Waals surface area (Å²) in [5, 5.41) is 5.18. The van der Waals surface area contributed by atoms with Crippen molar-refractivity contribution < 1.29 is 8.42 Å². The standard InChI is InChI=1S/C13H24N2O2S3/c1-4-6-14-8-12-7-13(19-10-12)20(16,17)15-11(3)9-18-5-2/h7,10-11,14-15H,4-6,8-9H2,1-3H3. The number of rotatable bonds is 10. The van der Waals surface area contributed by atoms with Gasteiger partial charge in [-0.2, -0.15) is 11.8 Å². The van der Waals surface area contributed by atoms with Crippen molar-refractivity contribution in [1.29, 1.82) is 0 Å². The van der Waals surface area contributed by atoms with Crippen LogP contribution in [0.2, 0.25) is 0 Å². The van der Waals surface area contributed by atoms with E-state index in [9.17, 15) is 8.42 Å². The molecule has 1 unspecified atom stereocenters. The van der Waals surface area contributed by atoms with E-state index in [-0.39, 0.29) is 6.04 Å². The van der Waals surface area contributed by atoms with Crippen molar-refractivity contribution in [2.75, 3.05) is 18.1 Å². The molecule has 1 heterocycles. The highest BCUT2D eigenvalue weighted by Gasteiger charge is 2.19. The first-order chi connectivity index (χ1) is 9.49. The van der Waals surface area contributed by atoms with Crippen LogP contribution in [0.3, 0.4) is 0 Å². The molecule has 0 fully saturated rings. The van der Waals surface area contributed by atoms with Gasteiger partial charge in [0.15, 0.2) is 0 Å². The summed E-state index contributed by atoms with van der Waals surface area (Å²) in [5.74, 6) is 1.80. The van der Waals surface area contributed by atoms with E-state index in [1.54, 1.807) is 17.8 Å². The molecule has 7 heteroatoms. The highest BCUT2D eigenvalue weighted by molar-refractivity contribution is 7.99. The lowest BCUT2D eigenvalue weighted by Crippen LogP contribution is -2.33. The van der Waals surface area contributed by atoms with Gasteiger partial charge in [0.25, 0.3) is 0 Å². The Balaban J connectivity index is 2.59. The first kappa shape index (κ1) is 18.0. The third-order valence-electron chi connectivity index (χ3n) is 2.58. The second-order valence-electron chi connectivity index (χ2n) is 4.63. The fourth-order valence-electron chi connectivity index (χ4n) is 1.65. The smallest absolute Gasteiger partial charge is 0.250 e. The Kier molecular flexibility index (Phi) is 8.13. The minimum Gasteiger partial charge on any atom is -0.313 e. The fraction of sp³-hybridized carbons (Fsp3) is 0.692. The van der Waals surface area contributed by atoms with Gasteiger partial charge in [-0.3, -0.25) is 0 Å². The minimum atomic E-state index is -3.37. The van der Waals surface area contributed by atoms with Crippen LogP contribution in [0.25, 0.3) is 0 Å². The van der Waals surface area contributed by atoms with Crippen molar-refractivity contribution in [3.8, 4) is 0 Å². The average molecular weight is 337 g/mol. The van der Waals surface area contributed by atoms with Crippen LogP contribution in [0.4, 0.5) is 0 Å². The first-order valence-corrected chi connectivity index (χ1v) is 10.4. The van der Waals surface area contributed by atoms with Gasteiger partial charge in [-0.05, 0) is 42.7 Å². The molecule has 0 radical (unpaired) electrons. The van der Waals surface area contributed by atoms with Gasteiger partial charge in [0.2, 0.25) is 10.0 Å². The van der Waals surface area contributed by atoms with Crippen molar-refractivity contribution in [3.05, 3.63) is 17.0 Å². The first-order valence-electron chi connectivity index (χ1n) is 6.87. The van der Waals surface area contributed by atoms with E-state index in [1.165, 1.54) is 11.3 Å². The van der Waals surface area contributed by atoms with Crippen LogP contribution in [0.15, 0.2) is 15.7 Å². The average Bonchev–Trinajstić information content (AvgIpc) is 2.86. The molecule has 4 nitrogen and oxygen atoms in total. The highest BCUT2D eigenvalue weighted by atomic mass is 32.2. The Morgan fingerprint density at radius 1 is 1.40 bits per heavy atom. The molecule has 2 N–H and O–H groups in total. The van der Waals surface area contributed by atoms with Crippen LogP contribution < -0.4 is 10.0 Å². The van der Waals surface area contributed by atoms with Gasteiger partial charge >= 0.3 is 0 Å². The molecule has 0 aliphatic heterocycles. The third kappa shape index (κ3) is 6.13. The zero-order chi connectivity index (χ0) is 15.0. The zero-order valence-corrected chi connectivity index (χ0v) is 14.8. The highest BCUT2D eigenvalue weighted by Crippen LogP contribution is 2.20. The largest absolute Gasteiger partial charge is 0.313 e. The molecule has 1 atom stereocenters. The molecule has 0 saturated heterocycles. The Labute approximate surface area is 130 Å². The Morgan fingerprint density at radius 3 is 2.80 bits per heavy atom. The summed E-state index contributed by atoms with van der Waals surface area (Å²) in [6, 6.07) is 1.71. The fourth-order valence-corrected chi connectivity index (χ4v) is 4.90. The second kappa shape index (κ2) is 9.04. The lowest BCUT2D eigenvalue weighted by molar-refractivity contribution is 0.573.